The van der Waals surface area contributed by atoms with E-state index in [4.69, 9.17) is 9.47 Å². The lowest BCUT2D eigenvalue weighted by molar-refractivity contribution is -0.156. The molecule has 0 N–H and O–H groups in total. The van der Waals surface area contributed by atoms with E-state index in [2.05, 4.69) is 12.6 Å². The van der Waals surface area contributed by atoms with Crippen molar-refractivity contribution < 1.29 is 19.1 Å². The molecule has 6 nitrogen and oxygen atoms in total. The molecule has 1 amide bonds. The normalized spacial score (nSPS) is 24.5. The highest BCUT2D eigenvalue weighted by atomic mass is 16.6. The number of ether oxygens (including phenoxy) is 2. The molecule has 0 spiro atoms. The molecule has 0 unspecified atom stereocenters. The van der Waals surface area contributed by atoms with Crippen LogP contribution in [-0.4, -0.2) is 42.3 Å². The van der Waals surface area contributed by atoms with Crippen LogP contribution in [0.3, 0.4) is 0 Å². The number of amides is 1. The van der Waals surface area contributed by atoms with Gasteiger partial charge in [0, 0.05) is 18.4 Å². The Morgan fingerprint density at radius 3 is 2.41 bits per heavy atom. The Hall–Kier alpha value is -2.03. The Labute approximate surface area is 131 Å². The first-order valence-corrected chi connectivity index (χ1v) is 7.22. The maximum absolute atomic E-state index is 12.1. The second-order valence-electron chi connectivity index (χ2n) is 6.60. The monoisotopic (exact) mass is 308 g/mol. The average Bonchev–Trinajstić information content (AvgIpc) is 2.74. The van der Waals surface area contributed by atoms with Gasteiger partial charge in [-0.05, 0) is 27.7 Å². The minimum atomic E-state index is -0.721. The van der Waals surface area contributed by atoms with E-state index in [1.807, 2.05) is 6.92 Å². The lowest BCUT2D eigenvalue weighted by Crippen LogP contribution is -2.37. The predicted octanol–water partition coefficient (Wildman–Crippen LogP) is 2.50. The summed E-state index contributed by atoms with van der Waals surface area (Å²) in [5.41, 5.74) is 0.249. The van der Waals surface area contributed by atoms with Crippen molar-refractivity contribution in [3.8, 4) is 6.07 Å². The van der Waals surface area contributed by atoms with Gasteiger partial charge in [-0.2, -0.15) is 5.26 Å². The van der Waals surface area contributed by atoms with E-state index in [1.165, 1.54) is 12.0 Å². The minimum Gasteiger partial charge on any atom is -0.460 e. The van der Waals surface area contributed by atoms with Gasteiger partial charge in [-0.15, -0.1) is 0 Å². The van der Waals surface area contributed by atoms with E-state index >= 15 is 0 Å². The zero-order chi connectivity index (χ0) is 17.1. The number of likely N-dealkylation sites (tertiary alicyclic amines) is 1. The van der Waals surface area contributed by atoms with Crippen LogP contribution in [0, 0.1) is 23.2 Å². The van der Waals surface area contributed by atoms with E-state index in [1.54, 1.807) is 20.8 Å². The Morgan fingerprint density at radius 2 is 2.00 bits per heavy atom. The number of carbonyl (C=O) groups excluding carboxylic acids is 2. The molecular formula is C16H24N2O4. The summed E-state index contributed by atoms with van der Waals surface area (Å²) in [4.78, 5) is 25.3. The van der Waals surface area contributed by atoms with Crippen LogP contribution in [0.1, 0.15) is 34.1 Å². The minimum absolute atomic E-state index is 0.0700. The molecule has 1 heterocycles. The quantitative estimate of drug-likeness (QED) is 0.591. The van der Waals surface area contributed by atoms with E-state index < -0.39 is 17.7 Å². The summed E-state index contributed by atoms with van der Waals surface area (Å²) in [6.07, 6.45) is -0.495. The smallest absolute Gasteiger partial charge is 0.410 e. The number of rotatable bonds is 3. The van der Waals surface area contributed by atoms with Crippen molar-refractivity contribution >= 4 is 12.1 Å². The number of carbonyl (C=O) groups is 2. The highest BCUT2D eigenvalue weighted by molar-refractivity contribution is 5.72. The summed E-state index contributed by atoms with van der Waals surface area (Å²) in [6.45, 7) is 11.4. The van der Waals surface area contributed by atoms with Gasteiger partial charge in [0.2, 0.25) is 0 Å². The van der Waals surface area contributed by atoms with Crippen LogP contribution in [0.25, 0.3) is 0 Å². The number of hydrogen-bond acceptors (Lipinski definition) is 5. The fourth-order valence-corrected chi connectivity index (χ4v) is 2.73. The number of methoxy groups -OCH3 is 1. The second-order valence-corrected chi connectivity index (χ2v) is 6.60. The van der Waals surface area contributed by atoms with E-state index in [9.17, 15) is 14.9 Å². The van der Waals surface area contributed by atoms with Crippen LogP contribution in [0.5, 0.6) is 0 Å². The SMILES string of the molecule is C=C(C)[C@H]1CN(C(=O)OC)[C@H](C#N)[C@H]1CC(=O)OC(C)(C)C. The highest BCUT2D eigenvalue weighted by Gasteiger charge is 2.46. The van der Waals surface area contributed by atoms with Gasteiger partial charge in [0.15, 0.2) is 0 Å². The highest BCUT2D eigenvalue weighted by Crippen LogP contribution is 2.37. The first-order valence-electron chi connectivity index (χ1n) is 7.22. The van der Waals surface area contributed by atoms with Crippen LogP contribution in [-0.2, 0) is 14.3 Å². The molecule has 1 fully saturated rings. The molecule has 122 valence electrons. The molecule has 0 aromatic heterocycles. The average molecular weight is 308 g/mol. The van der Waals surface area contributed by atoms with Gasteiger partial charge in [0.1, 0.15) is 11.6 Å². The van der Waals surface area contributed by atoms with Gasteiger partial charge in [-0.1, -0.05) is 12.2 Å². The molecule has 0 aliphatic carbocycles. The molecular weight excluding hydrogens is 284 g/mol. The Balaban J connectivity index is 2.97. The van der Waals surface area contributed by atoms with Gasteiger partial charge in [-0.3, -0.25) is 9.69 Å². The molecule has 0 bridgehead atoms. The Morgan fingerprint density at radius 1 is 1.41 bits per heavy atom. The summed E-state index contributed by atoms with van der Waals surface area (Å²) < 4.78 is 10.0. The molecule has 1 rings (SSSR count). The standard InChI is InChI=1S/C16H24N2O4/c1-10(2)12-9-18(15(20)21-6)13(8-17)11(12)7-14(19)22-16(3,4)5/h11-13H,1,7,9H2,2-6H3/t11-,12+,13+/m0/s1. The molecule has 0 saturated carbocycles. The third-order valence-corrected chi connectivity index (χ3v) is 3.65. The molecule has 0 radical (unpaired) electrons. The van der Waals surface area contributed by atoms with Crippen molar-refractivity contribution in [2.75, 3.05) is 13.7 Å². The third-order valence-electron chi connectivity index (χ3n) is 3.65. The maximum atomic E-state index is 12.1. The summed E-state index contributed by atoms with van der Waals surface area (Å²) in [6, 6.07) is 1.39. The van der Waals surface area contributed by atoms with Crippen LogP contribution >= 0.6 is 0 Å². The number of nitrogens with zero attached hydrogens (tertiary/aromatic N) is 2. The first-order chi connectivity index (χ1) is 10.1. The third kappa shape index (κ3) is 4.23. The Bertz CT molecular complexity index is 501. The van der Waals surface area contributed by atoms with E-state index in [0.29, 0.717) is 6.54 Å². The largest absolute Gasteiger partial charge is 0.460 e. The fourth-order valence-electron chi connectivity index (χ4n) is 2.73. The van der Waals surface area contributed by atoms with Crippen molar-refractivity contribution in [2.24, 2.45) is 11.8 Å². The summed E-state index contributed by atoms with van der Waals surface area (Å²) in [5.74, 6) is -0.844. The number of nitriles is 1. The zero-order valence-electron chi connectivity index (χ0n) is 13.9. The van der Waals surface area contributed by atoms with Gasteiger partial charge < -0.3 is 9.47 Å². The van der Waals surface area contributed by atoms with Crippen LogP contribution in [0.2, 0.25) is 0 Å². The summed E-state index contributed by atoms with van der Waals surface area (Å²) in [5, 5.41) is 9.42. The lowest BCUT2D eigenvalue weighted by Gasteiger charge is -2.24. The van der Waals surface area contributed by atoms with Gasteiger partial charge in [-0.25, -0.2) is 4.79 Å². The molecule has 0 aromatic carbocycles. The number of esters is 1. The van der Waals surface area contributed by atoms with E-state index in [0.717, 1.165) is 5.57 Å². The lowest BCUT2D eigenvalue weighted by atomic mass is 9.84. The van der Waals surface area contributed by atoms with Crippen LogP contribution in [0.4, 0.5) is 4.79 Å². The van der Waals surface area contributed by atoms with Crippen molar-refractivity contribution in [3.63, 3.8) is 0 Å². The van der Waals surface area contributed by atoms with Gasteiger partial charge in [0.25, 0.3) is 0 Å². The first kappa shape index (κ1) is 18.0. The fraction of sp³-hybridized carbons (Fsp3) is 0.688. The summed E-state index contributed by atoms with van der Waals surface area (Å²) >= 11 is 0. The molecule has 0 aromatic rings. The van der Waals surface area contributed by atoms with E-state index in [-0.39, 0.29) is 24.2 Å². The van der Waals surface area contributed by atoms with Crippen molar-refractivity contribution in [1.29, 1.82) is 5.26 Å². The molecule has 1 aliphatic heterocycles. The molecule has 22 heavy (non-hydrogen) atoms. The molecule has 1 aliphatic rings. The van der Waals surface area contributed by atoms with Crippen molar-refractivity contribution in [3.05, 3.63) is 12.2 Å². The van der Waals surface area contributed by atoms with Gasteiger partial charge in [0.05, 0.1) is 19.6 Å². The topological polar surface area (TPSA) is 79.6 Å². The van der Waals surface area contributed by atoms with Crippen LogP contribution in [0.15, 0.2) is 12.2 Å². The predicted molar refractivity (Wildman–Crippen MR) is 80.8 cm³/mol. The number of hydrogen-bond donors (Lipinski definition) is 0. The van der Waals surface area contributed by atoms with Crippen molar-refractivity contribution in [1.82, 2.24) is 4.90 Å². The Kier molecular flexibility index (Phi) is 5.59. The molecule has 6 heteroatoms. The van der Waals surface area contributed by atoms with Gasteiger partial charge >= 0.3 is 12.1 Å². The summed E-state index contributed by atoms with van der Waals surface area (Å²) in [7, 11) is 1.27. The molecule has 1 saturated heterocycles. The maximum Gasteiger partial charge on any atom is 0.410 e. The molecule has 3 atom stereocenters. The van der Waals surface area contributed by atoms with Crippen LogP contribution < -0.4 is 0 Å². The zero-order valence-corrected chi connectivity index (χ0v) is 13.9. The second kappa shape index (κ2) is 6.82. The van der Waals surface area contributed by atoms with Crippen molar-refractivity contribution in [2.45, 2.75) is 45.8 Å².